The minimum atomic E-state index is -0.158. The Morgan fingerprint density at radius 2 is 1.65 bits per heavy atom. The number of pyridine rings is 1. The van der Waals surface area contributed by atoms with Crippen molar-refractivity contribution in [1.82, 2.24) is 4.98 Å². The highest BCUT2D eigenvalue weighted by Gasteiger charge is 2.19. The van der Waals surface area contributed by atoms with E-state index < -0.39 is 0 Å². The highest BCUT2D eigenvalue weighted by Crippen LogP contribution is 2.22. The lowest BCUT2D eigenvalue weighted by atomic mass is 10.2. The maximum Gasteiger partial charge on any atom is 0.146 e. The van der Waals surface area contributed by atoms with Crippen LogP contribution in [0.3, 0.4) is 0 Å². The van der Waals surface area contributed by atoms with Crippen LogP contribution >= 0.6 is 11.6 Å². The summed E-state index contributed by atoms with van der Waals surface area (Å²) in [6.45, 7) is 3.28. The zero-order chi connectivity index (χ0) is 13.9. The van der Waals surface area contributed by atoms with Gasteiger partial charge >= 0.3 is 0 Å². The molecule has 0 saturated carbocycles. The monoisotopic (exact) mass is 291 g/mol. The van der Waals surface area contributed by atoms with E-state index in [1.54, 1.807) is 18.3 Å². The van der Waals surface area contributed by atoms with E-state index in [0.717, 1.165) is 31.9 Å². The molecular weight excluding hydrogens is 277 g/mol. The zero-order valence-electron chi connectivity index (χ0n) is 11.0. The normalized spacial score (nSPS) is 15.5. The van der Waals surface area contributed by atoms with E-state index in [1.165, 1.54) is 6.07 Å². The molecule has 20 heavy (non-hydrogen) atoms. The number of benzene rings is 1. The van der Waals surface area contributed by atoms with Crippen molar-refractivity contribution < 1.29 is 4.39 Å². The van der Waals surface area contributed by atoms with E-state index in [1.807, 2.05) is 18.2 Å². The van der Waals surface area contributed by atoms with Gasteiger partial charge in [-0.15, -0.1) is 0 Å². The molecule has 1 aromatic heterocycles. The van der Waals surface area contributed by atoms with Crippen molar-refractivity contribution in [1.29, 1.82) is 0 Å². The summed E-state index contributed by atoms with van der Waals surface area (Å²) < 4.78 is 13.8. The third-order valence-corrected chi connectivity index (χ3v) is 3.77. The van der Waals surface area contributed by atoms with E-state index >= 15 is 0 Å². The lowest BCUT2D eigenvalue weighted by molar-refractivity contribution is 0.597. The van der Waals surface area contributed by atoms with Crippen molar-refractivity contribution in [2.45, 2.75) is 0 Å². The Balaban J connectivity index is 1.68. The number of piperazine rings is 1. The van der Waals surface area contributed by atoms with Crippen LogP contribution in [0.5, 0.6) is 0 Å². The molecule has 0 atom stereocenters. The van der Waals surface area contributed by atoms with Gasteiger partial charge in [-0.05, 0) is 24.3 Å². The van der Waals surface area contributed by atoms with Crippen molar-refractivity contribution in [2.75, 3.05) is 36.0 Å². The molecule has 5 heteroatoms. The predicted octanol–water partition coefficient (Wildman–Crippen LogP) is 3.20. The Morgan fingerprint density at radius 1 is 0.950 bits per heavy atom. The number of hydrogen-bond donors (Lipinski definition) is 0. The van der Waals surface area contributed by atoms with Gasteiger partial charge < -0.3 is 9.80 Å². The Kier molecular flexibility index (Phi) is 3.74. The van der Waals surface area contributed by atoms with E-state index in [2.05, 4.69) is 14.8 Å². The van der Waals surface area contributed by atoms with Crippen LogP contribution in [-0.2, 0) is 0 Å². The van der Waals surface area contributed by atoms with E-state index in [0.29, 0.717) is 10.8 Å². The van der Waals surface area contributed by atoms with Crippen LogP contribution in [0.4, 0.5) is 15.8 Å². The molecule has 0 unspecified atom stereocenters. The third-order valence-electron chi connectivity index (χ3n) is 3.55. The van der Waals surface area contributed by atoms with Gasteiger partial charge in [-0.3, -0.25) is 0 Å². The molecule has 0 N–H and O–H groups in total. The third kappa shape index (κ3) is 2.70. The van der Waals surface area contributed by atoms with Crippen LogP contribution in [0, 0.1) is 5.82 Å². The van der Waals surface area contributed by atoms with Gasteiger partial charge in [0.2, 0.25) is 0 Å². The molecule has 0 amide bonds. The Bertz CT molecular complexity index is 580. The number of anilines is 2. The Hall–Kier alpha value is -1.81. The lowest BCUT2D eigenvalue weighted by Gasteiger charge is -2.37. The molecule has 1 aliphatic rings. The van der Waals surface area contributed by atoms with E-state index in [-0.39, 0.29) is 5.82 Å². The number of hydrogen-bond acceptors (Lipinski definition) is 3. The first-order valence-electron chi connectivity index (χ1n) is 6.60. The number of halogens is 2. The molecule has 1 aliphatic heterocycles. The first-order valence-corrected chi connectivity index (χ1v) is 6.98. The van der Waals surface area contributed by atoms with Crippen LogP contribution in [0.2, 0.25) is 5.15 Å². The van der Waals surface area contributed by atoms with Gasteiger partial charge in [-0.25, -0.2) is 9.37 Å². The molecule has 104 valence electrons. The number of nitrogens with zero attached hydrogens (tertiary/aromatic N) is 3. The fourth-order valence-corrected chi connectivity index (χ4v) is 2.58. The summed E-state index contributed by atoms with van der Waals surface area (Å²) in [5.41, 5.74) is 1.74. The molecule has 0 bridgehead atoms. The highest BCUT2D eigenvalue weighted by molar-refractivity contribution is 6.29. The lowest BCUT2D eigenvalue weighted by Crippen LogP contribution is -2.46. The van der Waals surface area contributed by atoms with Gasteiger partial charge in [0.25, 0.3) is 0 Å². The van der Waals surface area contributed by atoms with Crippen molar-refractivity contribution in [3.63, 3.8) is 0 Å². The molecule has 2 heterocycles. The second-order valence-corrected chi connectivity index (χ2v) is 5.15. The largest absolute Gasteiger partial charge is 0.367 e. The van der Waals surface area contributed by atoms with Crippen LogP contribution in [-0.4, -0.2) is 31.2 Å². The van der Waals surface area contributed by atoms with Crippen molar-refractivity contribution >= 4 is 23.0 Å². The van der Waals surface area contributed by atoms with Gasteiger partial charge in [-0.1, -0.05) is 23.7 Å². The summed E-state index contributed by atoms with van der Waals surface area (Å²) in [6.07, 6.45) is 1.78. The van der Waals surface area contributed by atoms with Crippen molar-refractivity contribution in [2.24, 2.45) is 0 Å². The topological polar surface area (TPSA) is 19.4 Å². The Labute approximate surface area is 122 Å². The fraction of sp³-hybridized carbons (Fsp3) is 0.267. The Morgan fingerprint density at radius 3 is 2.30 bits per heavy atom. The summed E-state index contributed by atoms with van der Waals surface area (Å²) in [4.78, 5) is 8.41. The maximum absolute atomic E-state index is 13.8. The molecule has 1 fully saturated rings. The van der Waals surface area contributed by atoms with Gasteiger partial charge in [0.15, 0.2) is 0 Å². The number of rotatable bonds is 2. The van der Waals surface area contributed by atoms with E-state index in [9.17, 15) is 4.39 Å². The quantitative estimate of drug-likeness (QED) is 0.792. The second-order valence-electron chi connectivity index (χ2n) is 4.76. The van der Waals surface area contributed by atoms with Gasteiger partial charge in [0.1, 0.15) is 11.0 Å². The molecule has 3 nitrogen and oxygen atoms in total. The molecule has 1 aromatic carbocycles. The van der Waals surface area contributed by atoms with Gasteiger partial charge in [0, 0.05) is 26.2 Å². The summed E-state index contributed by atoms with van der Waals surface area (Å²) >= 11 is 5.79. The van der Waals surface area contributed by atoms with Crippen LogP contribution in [0.25, 0.3) is 0 Å². The number of para-hydroxylation sites is 1. The highest BCUT2D eigenvalue weighted by atomic mass is 35.5. The summed E-state index contributed by atoms with van der Waals surface area (Å²) in [7, 11) is 0. The molecule has 0 spiro atoms. The summed E-state index contributed by atoms with van der Waals surface area (Å²) in [5.74, 6) is -0.158. The van der Waals surface area contributed by atoms with Crippen LogP contribution < -0.4 is 9.80 Å². The van der Waals surface area contributed by atoms with E-state index in [4.69, 9.17) is 11.6 Å². The SMILES string of the molecule is Fc1ccccc1N1CCN(c2ccc(Cl)nc2)CC1. The molecule has 1 saturated heterocycles. The average Bonchev–Trinajstić information content (AvgIpc) is 2.49. The summed E-state index contributed by atoms with van der Waals surface area (Å²) in [5, 5.41) is 0.499. The minimum Gasteiger partial charge on any atom is -0.367 e. The zero-order valence-corrected chi connectivity index (χ0v) is 11.7. The first-order chi connectivity index (χ1) is 9.74. The average molecular weight is 292 g/mol. The van der Waals surface area contributed by atoms with Gasteiger partial charge in [0.05, 0.1) is 17.6 Å². The molecule has 0 radical (unpaired) electrons. The van der Waals surface area contributed by atoms with Crippen LogP contribution in [0.15, 0.2) is 42.6 Å². The minimum absolute atomic E-state index is 0.158. The smallest absolute Gasteiger partial charge is 0.146 e. The molecular formula is C15H15ClFN3. The molecule has 0 aliphatic carbocycles. The summed E-state index contributed by atoms with van der Waals surface area (Å²) in [6, 6.07) is 10.7. The predicted molar refractivity (Wildman–Crippen MR) is 80.1 cm³/mol. The maximum atomic E-state index is 13.8. The number of aromatic nitrogens is 1. The van der Waals surface area contributed by atoms with Gasteiger partial charge in [-0.2, -0.15) is 0 Å². The van der Waals surface area contributed by atoms with Crippen molar-refractivity contribution in [3.8, 4) is 0 Å². The first kappa shape index (κ1) is 13.2. The molecule has 2 aromatic rings. The van der Waals surface area contributed by atoms with Crippen LogP contribution in [0.1, 0.15) is 0 Å². The standard InChI is InChI=1S/C15H15ClFN3/c16-15-6-5-12(11-18-15)19-7-9-20(10-8-19)14-4-2-1-3-13(14)17/h1-6,11H,7-10H2. The second kappa shape index (κ2) is 5.67. The molecule has 3 rings (SSSR count). The van der Waals surface area contributed by atoms with Crippen molar-refractivity contribution in [3.05, 3.63) is 53.6 Å². The fourth-order valence-electron chi connectivity index (χ4n) is 2.47.